The van der Waals surface area contributed by atoms with E-state index in [0.717, 1.165) is 19.3 Å². The second-order valence-electron chi connectivity index (χ2n) is 5.47. The fourth-order valence-corrected chi connectivity index (χ4v) is 3.20. The van der Waals surface area contributed by atoms with E-state index < -0.39 is 0 Å². The van der Waals surface area contributed by atoms with Crippen LogP contribution in [0.3, 0.4) is 0 Å². The molecule has 0 bridgehead atoms. The number of nitrogens with zero attached hydrogens (tertiary/aromatic N) is 1. The predicted molar refractivity (Wildman–Crippen MR) is 79.6 cm³/mol. The maximum absolute atomic E-state index is 12.3. The summed E-state index contributed by atoms with van der Waals surface area (Å²) in [7, 11) is 0. The predicted octanol–water partition coefficient (Wildman–Crippen LogP) is 2.61. The Bertz CT molecular complexity index is 460. The highest BCUT2D eigenvalue weighted by atomic mass is 32.1. The van der Waals surface area contributed by atoms with Crippen LogP contribution < -0.4 is 16.4 Å². The van der Waals surface area contributed by atoms with Crippen LogP contribution in [-0.2, 0) is 0 Å². The highest BCUT2D eigenvalue weighted by Gasteiger charge is 2.37. The Morgan fingerprint density at radius 1 is 1.53 bits per heavy atom. The molecular weight excluding hydrogens is 260 g/mol. The largest absolute Gasteiger partial charge is 0.382 e. The van der Waals surface area contributed by atoms with Gasteiger partial charge in [0, 0.05) is 11.6 Å². The number of nitrogen functional groups attached to an aromatic ring is 1. The molecule has 1 fully saturated rings. The third kappa shape index (κ3) is 3.00. The maximum Gasteiger partial charge on any atom is 0.265 e. The standard InChI is InChI=1S/C13H22N4OS/c1-4-13(6-5-7-13)17-11(18)9-10(14)16-12(19-9)15-8(2)3/h8H,4-7,14H2,1-3H3,(H,15,16)(H,17,18). The molecule has 1 aliphatic carbocycles. The van der Waals surface area contributed by atoms with Gasteiger partial charge in [-0.25, -0.2) is 4.98 Å². The number of rotatable bonds is 5. The number of aromatic nitrogens is 1. The van der Waals surface area contributed by atoms with Crippen LogP contribution >= 0.6 is 11.3 Å². The van der Waals surface area contributed by atoms with Crippen molar-refractivity contribution in [2.24, 2.45) is 0 Å². The summed E-state index contributed by atoms with van der Waals surface area (Å²) in [4.78, 5) is 17.0. The van der Waals surface area contributed by atoms with E-state index in [1.54, 1.807) is 0 Å². The van der Waals surface area contributed by atoms with E-state index in [-0.39, 0.29) is 17.5 Å². The van der Waals surface area contributed by atoms with Crippen molar-refractivity contribution in [1.82, 2.24) is 10.3 Å². The zero-order valence-corrected chi connectivity index (χ0v) is 12.6. The lowest BCUT2D eigenvalue weighted by Gasteiger charge is -2.41. The summed E-state index contributed by atoms with van der Waals surface area (Å²) in [6.45, 7) is 6.16. The molecule has 1 heterocycles. The minimum Gasteiger partial charge on any atom is -0.382 e. The highest BCUT2D eigenvalue weighted by Crippen LogP contribution is 2.35. The van der Waals surface area contributed by atoms with Crippen molar-refractivity contribution in [3.8, 4) is 0 Å². The van der Waals surface area contributed by atoms with Crippen molar-refractivity contribution in [3.63, 3.8) is 0 Å². The minimum atomic E-state index is -0.0895. The van der Waals surface area contributed by atoms with Crippen molar-refractivity contribution in [2.75, 3.05) is 11.1 Å². The number of hydrogen-bond acceptors (Lipinski definition) is 5. The minimum absolute atomic E-state index is 0.0147. The Morgan fingerprint density at radius 2 is 2.21 bits per heavy atom. The molecule has 0 unspecified atom stereocenters. The van der Waals surface area contributed by atoms with Crippen LogP contribution in [0.15, 0.2) is 0 Å². The topological polar surface area (TPSA) is 80.0 Å². The lowest BCUT2D eigenvalue weighted by atomic mass is 9.75. The van der Waals surface area contributed by atoms with Crippen LogP contribution in [0.4, 0.5) is 10.9 Å². The number of nitrogens with two attached hydrogens (primary N) is 1. The molecule has 4 N–H and O–H groups in total. The van der Waals surface area contributed by atoms with Crippen LogP contribution in [0.1, 0.15) is 56.1 Å². The first kappa shape index (κ1) is 14.1. The Morgan fingerprint density at radius 3 is 2.68 bits per heavy atom. The van der Waals surface area contributed by atoms with Gasteiger partial charge in [0.05, 0.1) is 0 Å². The summed E-state index contributed by atoms with van der Waals surface area (Å²) < 4.78 is 0. The SMILES string of the molecule is CCC1(NC(=O)c2sc(NC(C)C)nc2N)CCC1. The second kappa shape index (κ2) is 5.36. The van der Waals surface area contributed by atoms with E-state index >= 15 is 0 Å². The van der Waals surface area contributed by atoms with Gasteiger partial charge in [-0.1, -0.05) is 18.3 Å². The molecule has 106 valence electrons. The third-order valence-corrected chi connectivity index (χ3v) is 4.64. The normalized spacial score (nSPS) is 17.1. The van der Waals surface area contributed by atoms with E-state index in [0.29, 0.717) is 15.8 Å². The number of hydrogen-bond donors (Lipinski definition) is 3. The molecule has 1 saturated carbocycles. The molecule has 6 heteroatoms. The fraction of sp³-hybridized carbons (Fsp3) is 0.692. The average molecular weight is 282 g/mol. The van der Waals surface area contributed by atoms with Gasteiger partial charge in [0.25, 0.3) is 5.91 Å². The first-order valence-corrected chi connectivity index (χ1v) is 7.63. The average Bonchev–Trinajstić information content (AvgIpc) is 2.63. The van der Waals surface area contributed by atoms with Gasteiger partial charge in [-0.3, -0.25) is 4.79 Å². The Balaban J connectivity index is 2.08. The molecule has 1 aliphatic rings. The maximum atomic E-state index is 12.3. The van der Waals surface area contributed by atoms with E-state index in [1.165, 1.54) is 17.8 Å². The monoisotopic (exact) mass is 282 g/mol. The zero-order chi connectivity index (χ0) is 14.0. The number of anilines is 2. The summed E-state index contributed by atoms with van der Waals surface area (Å²) >= 11 is 1.32. The van der Waals surface area contributed by atoms with Crippen LogP contribution in [0.25, 0.3) is 0 Å². The quantitative estimate of drug-likeness (QED) is 0.775. The van der Waals surface area contributed by atoms with Crippen molar-refractivity contribution >= 4 is 28.2 Å². The number of nitrogens with one attached hydrogen (secondary N) is 2. The van der Waals surface area contributed by atoms with Gasteiger partial charge in [0.1, 0.15) is 10.7 Å². The summed E-state index contributed by atoms with van der Waals surface area (Å²) in [5.41, 5.74) is 5.82. The van der Waals surface area contributed by atoms with Crippen molar-refractivity contribution in [2.45, 2.75) is 58.0 Å². The summed E-state index contributed by atoms with van der Waals surface area (Å²) in [6.07, 6.45) is 4.27. The lowest BCUT2D eigenvalue weighted by Crippen LogP contribution is -2.52. The van der Waals surface area contributed by atoms with Crippen molar-refractivity contribution in [3.05, 3.63) is 4.88 Å². The summed E-state index contributed by atoms with van der Waals surface area (Å²) in [5, 5.41) is 7.01. The molecule has 1 amide bonds. The summed E-state index contributed by atoms with van der Waals surface area (Å²) in [6, 6.07) is 0.273. The van der Waals surface area contributed by atoms with Gasteiger partial charge in [-0.15, -0.1) is 0 Å². The first-order valence-electron chi connectivity index (χ1n) is 6.81. The molecule has 1 aromatic heterocycles. The van der Waals surface area contributed by atoms with Crippen LogP contribution in [0.5, 0.6) is 0 Å². The molecule has 19 heavy (non-hydrogen) atoms. The molecular formula is C13H22N4OS. The number of carbonyl (C=O) groups is 1. The van der Waals surface area contributed by atoms with Gasteiger partial charge < -0.3 is 16.4 Å². The number of carbonyl (C=O) groups excluding carboxylic acids is 1. The Kier molecular flexibility index (Phi) is 3.99. The number of thiazole rings is 1. The van der Waals surface area contributed by atoms with Gasteiger partial charge in [-0.2, -0.15) is 0 Å². The highest BCUT2D eigenvalue weighted by molar-refractivity contribution is 7.18. The van der Waals surface area contributed by atoms with Gasteiger partial charge in [-0.05, 0) is 39.5 Å². The summed E-state index contributed by atoms with van der Waals surface area (Å²) in [5.74, 6) is 0.226. The van der Waals surface area contributed by atoms with Crippen LogP contribution in [-0.4, -0.2) is 22.5 Å². The number of amides is 1. The van der Waals surface area contributed by atoms with Crippen molar-refractivity contribution < 1.29 is 4.79 Å². The van der Waals surface area contributed by atoms with Crippen LogP contribution in [0.2, 0.25) is 0 Å². The fourth-order valence-electron chi connectivity index (χ4n) is 2.27. The molecule has 2 rings (SSSR count). The molecule has 0 radical (unpaired) electrons. The second-order valence-corrected chi connectivity index (χ2v) is 6.47. The van der Waals surface area contributed by atoms with E-state index in [9.17, 15) is 4.79 Å². The smallest absolute Gasteiger partial charge is 0.265 e. The van der Waals surface area contributed by atoms with Gasteiger partial charge >= 0.3 is 0 Å². The molecule has 0 spiro atoms. The third-order valence-electron chi connectivity index (χ3n) is 3.64. The lowest BCUT2D eigenvalue weighted by molar-refractivity contribution is 0.0825. The molecule has 0 saturated heterocycles. The van der Waals surface area contributed by atoms with Crippen molar-refractivity contribution in [1.29, 1.82) is 0 Å². The van der Waals surface area contributed by atoms with E-state index in [1.807, 2.05) is 13.8 Å². The first-order chi connectivity index (χ1) is 8.96. The molecule has 0 atom stereocenters. The zero-order valence-electron chi connectivity index (χ0n) is 11.7. The molecule has 0 aromatic carbocycles. The van der Waals surface area contributed by atoms with E-state index in [2.05, 4.69) is 22.5 Å². The Labute approximate surface area is 118 Å². The molecule has 0 aliphatic heterocycles. The van der Waals surface area contributed by atoms with E-state index in [4.69, 9.17) is 5.73 Å². The Hall–Kier alpha value is -1.30. The molecule has 5 nitrogen and oxygen atoms in total. The van der Waals surface area contributed by atoms with Crippen LogP contribution in [0, 0.1) is 0 Å². The van der Waals surface area contributed by atoms with Gasteiger partial charge in [0.15, 0.2) is 5.13 Å². The molecule has 1 aromatic rings. The van der Waals surface area contributed by atoms with Gasteiger partial charge in [0.2, 0.25) is 0 Å².